The van der Waals surface area contributed by atoms with Gasteiger partial charge in [-0.25, -0.2) is 17.9 Å². The first-order valence-corrected chi connectivity index (χ1v) is 8.70. The second kappa shape index (κ2) is 6.93. The normalized spacial score (nSPS) is 11.4. The van der Waals surface area contributed by atoms with Crippen LogP contribution in [0.15, 0.2) is 35.4 Å². The molecule has 1 aromatic carbocycles. The molecule has 1 N–H and O–H groups in total. The fourth-order valence-electron chi connectivity index (χ4n) is 2.12. The molecule has 0 saturated carbocycles. The molecule has 1 aromatic heterocycles. The van der Waals surface area contributed by atoms with Crippen LogP contribution in [-0.2, 0) is 10.0 Å². The Morgan fingerprint density at radius 1 is 1.30 bits per heavy atom. The number of sulfonamides is 1. The van der Waals surface area contributed by atoms with Crippen molar-refractivity contribution in [1.82, 2.24) is 14.6 Å². The fourth-order valence-corrected chi connectivity index (χ4v) is 2.99. The lowest BCUT2D eigenvalue weighted by Crippen LogP contribution is -2.33. The summed E-state index contributed by atoms with van der Waals surface area (Å²) in [5.41, 5.74) is 0.546. The number of fused-ring (bicyclic) bond motifs is 1. The molecule has 0 unspecified atom stereocenters. The van der Waals surface area contributed by atoms with Crippen LogP contribution < -0.4 is 9.46 Å². The van der Waals surface area contributed by atoms with Crippen molar-refractivity contribution < 1.29 is 17.9 Å². The lowest BCUT2D eigenvalue weighted by atomic mass is 10.2. The number of carbonyl (C=O) groups excluding carboxylic acids is 1. The first kappa shape index (κ1) is 17.2. The summed E-state index contributed by atoms with van der Waals surface area (Å²) in [5.74, 6) is -0.0394. The Hall–Kier alpha value is -2.19. The third kappa shape index (κ3) is 3.59. The van der Waals surface area contributed by atoms with E-state index in [-0.39, 0.29) is 10.6 Å². The molecule has 124 valence electrons. The van der Waals surface area contributed by atoms with Crippen LogP contribution in [0.25, 0.3) is 10.9 Å². The molecule has 0 saturated heterocycles. The number of ether oxygens (including phenoxy) is 1. The molecule has 7 nitrogen and oxygen atoms in total. The van der Waals surface area contributed by atoms with Crippen LogP contribution in [0.1, 0.15) is 13.8 Å². The average molecular weight is 337 g/mol. The standard InChI is InChI=1S/C15H19N3O4S/c1-4-18(5-2)15(19)22-13-10-12-11(7-6-8-17-12)9-14(13)23(20,21)16-3/h6-10,16H,4-5H2,1-3H3. The lowest BCUT2D eigenvalue weighted by Gasteiger charge is -2.19. The molecule has 0 atom stereocenters. The van der Waals surface area contributed by atoms with Crippen molar-refractivity contribution in [2.75, 3.05) is 20.1 Å². The molecular formula is C15H19N3O4S. The summed E-state index contributed by atoms with van der Waals surface area (Å²) in [6.07, 6.45) is 0.989. The molecule has 0 spiro atoms. The number of benzene rings is 1. The zero-order valence-corrected chi connectivity index (χ0v) is 14.1. The predicted octanol–water partition coefficient (Wildman–Crippen LogP) is 1.98. The van der Waals surface area contributed by atoms with Crippen LogP contribution in [0.2, 0.25) is 0 Å². The van der Waals surface area contributed by atoms with Crippen LogP contribution in [0, 0.1) is 0 Å². The topological polar surface area (TPSA) is 88.6 Å². The van der Waals surface area contributed by atoms with Gasteiger partial charge < -0.3 is 9.64 Å². The smallest absolute Gasteiger partial charge is 0.409 e. The van der Waals surface area contributed by atoms with Gasteiger partial charge in [0.1, 0.15) is 4.90 Å². The Kier molecular flexibility index (Phi) is 5.17. The Bertz CT molecular complexity index is 817. The maximum absolute atomic E-state index is 12.2. The molecule has 0 aliphatic rings. The van der Waals surface area contributed by atoms with E-state index in [1.807, 2.05) is 13.8 Å². The van der Waals surface area contributed by atoms with E-state index in [0.29, 0.717) is 24.0 Å². The van der Waals surface area contributed by atoms with E-state index in [2.05, 4.69) is 9.71 Å². The summed E-state index contributed by atoms with van der Waals surface area (Å²) in [5, 5.41) is 0.643. The molecule has 1 heterocycles. The molecule has 1 amide bonds. The quantitative estimate of drug-likeness (QED) is 0.901. The highest BCUT2D eigenvalue weighted by Crippen LogP contribution is 2.29. The van der Waals surface area contributed by atoms with Gasteiger partial charge in [0, 0.05) is 30.7 Å². The number of carbonyl (C=O) groups is 1. The second-order valence-electron chi connectivity index (χ2n) is 4.74. The Balaban J connectivity index is 2.56. The predicted molar refractivity (Wildman–Crippen MR) is 86.9 cm³/mol. The number of amides is 1. The van der Waals surface area contributed by atoms with Gasteiger partial charge in [-0.3, -0.25) is 4.98 Å². The Morgan fingerprint density at radius 2 is 2.00 bits per heavy atom. The SMILES string of the molecule is CCN(CC)C(=O)Oc1cc2ncccc2cc1S(=O)(=O)NC. The van der Waals surface area contributed by atoms with Crippen LogP contribution in [0.5, 0.6) is 5.75 Å². The van der Waals surface area contributed by atoms with Gasteiger partial charge in [0.05, 0.1) is 5.52 Å². The first-order valence-electron chi connectivity index (χ1n) is 7.22. The zero-order valence-electron chi connectivity index (χ0n) is 13.2. The summed E-state index contributed by atoms with van der Waals surface area (Å²) in [6, 6.07) is 6.35. The largest absolute Gasteiger partial charge is 0.415 e. The average Bonchev–Trinajstić information content (AvgIpc) is 2.55. The van der Waals surface area contributed by atoms with E-state index in [4.69, 9.17) is 4.74 Å². The summed E-state index contributed by atoms with van der Waals surface area (Å²) in [6.45, 7) is 4.57. The lowest BCUT2D eigenvalue weighted by molar-refractivity contribution is 0.156. The number of hydrogen-bond acceptors (Lipinski definition) is 5. The first-order chi connectivity index (χ1) is 10.9. The van der Waals surface area contributed by atoms with Crippen molar-refractivity contribution in [3.8, 4) is 5.75 Å². The number of aromatic nitrogens is 1. The van der Waals surface area contributed by atoms with Crippen LogP contribution >= 0.6 is 0 Å². The summed E-state index contributed by atoms with van der Waals surface area (Å²) < 4.78 is 32.0. The third-order valence-electron chi connectivity index (χ3n) is 3.45. The van der Waals surface area contributed by atoms with Crippen molar-refractivity contribution in [2.24, 2.45) is 0 Å². The molecule has 2 aromatic rings. The van der Waals surface area contributed by atoms with Crippen LogP contribution in [0.4, 0.5) is 4.79 Å². The van der Waals surface area contributed by atoms with Crippen molar-refractivity contribution in [2.45, 2.75) is 18.7 Å². The van der Waals surface area contributed by atoms with Gasteiger partial charge in [0.2, 0.25) is 10.0 Å². The molecule has 0 aliphatic carbocycles. The van der Waals surface area contributed by atoms with E-state index in [0.717, 1.165) is 0 Å². The fraction of sp³-hybridized carbons (Fsp3) is 0.333. The van der Waals surface area contributed by atoms with E-state index in [1.165, 1.54) is 24.1 Å². The van der Waals surface area contributed by atoms with Gasteiger partial charge in [-0.2, -0.15) is 0 Å². The molecule has 0 radical (unpaired) electrons. The van der Waals surface area contributed by atoms with Crippen LogP contribution in [-0.4, -0.2) is 44.5 Å². The Labute approximate surface area is 135 Å². The second-order valence-corrected chi connectivity index (χ2v) is 6.60. The minimum Gasteiger partial charge on any atom is -0.409 e. The highest BCUT2D eigenvalue weighted by atomic mass is 32.2. The number of hydrogen-bond donors (Lipinski definition) is 1. The van der Waals surface area contributed by atoms with Gasteiger partial charge in [-0.05, 0) is 33.0 Å². The number of pyridine rings is 1. The van der Waals surface area contributed by atoms with Gasteiger partial charge in [0.15, 0.2) is 5.75 Å². The molecular weight excluding hydrogens is 318 g/mol. The van der Waals surface area contributed by atoms with E-state index >= 15 is 0 Å². The highest BCUT2D eigenvalue weighted by Gasteiger charge is 2.22. The van der Waals surface area contributed by atoms with Crippen molar-refractivity contribution in [1.29, 1.82) is 0 Å². The molecule has 23 heavy (non-hydrogen) atoms. The summed E-state index contributed by atoms with van der Waals surface area (Å²) in [7, 11) is -2.47. The van der Waals surface area contributed by atoms with Crippen molar-refractivity contribution in [3.05, 3.63) is 30.5 Å². The number of rotatable bonds is 5. The number of nitrogens with one attached hydrogen (secondary N) is 1. The van der Waals surface area contributed by atoms with Crippen LogP contribution in [0.3, 0.4) is 0 Å². The van der Waals surface area contributed by atoms with E-state index < -0.39 is 16.1 Å². The summed E-state index contributed by atoms with van der Waals surface area (Å²) in [4.78, 5) is 17.7. The third-order valence-corrected chi connectivity index (χ3v) is 4.88. The Morgan fingerprint density at radius 3 is 2.61 bits per heavy atom. The number of nitrogens with zero attached hydrogens (tertiary/aromatic N) is 2. The molecule has 0 aliphatic heterocycles. The molecule has 0 fully saturated rings. The monoisotopic (exact) mass is 337 g/mol. The molecule has 2 rings (SSSR count). The minimum atomic E-state index is -3.78. The minimum absolute atomic E-state index is 0.0394. The zero-order chi connectivity index (χ0) is 17.0. The van der Waals surface area contributed by atoms with Gasteiger partial charge in [0.25, 0.3) is 0 Å². The van der Waals surface area contributed by atoms with Crippen molar-refractivity contribution in [3.63, 3.8) is 0 Å². The molecule has 8 heteroatoms. The van der Waals surface area contributed by atoms with Crippen molar-refractivity contribution >= 4 is 27.0 Å². The van der Waals surface area contributed by atoms with E-state index in [1.54, 1.807) is 18.3 Å². The summed E-state index contributed by atoms with van der Waals surface area (Å²) >= 11 is 0. The van der Waals surface area contributed by atoms with E-state index in [9.17, 15) is 13.2 Å². The van der Waals surface area contributed by atoms with Gasteiger partial charge >= 0.3 is 6.09 Å². The maximum Gasteiger partial charge on any atom is 0.415 e. The van der Waals surface area contributed by atoms with Gasteiger partial charge in [-0.1, -0.05) is 6.07 Å². The van der Waals surface area contributed by atoms with Gasteiger partial charge in [-0.15, -0.1) is 0 Å². The molecule has 0 bridgehead atoms. The highest BCUT2D eigenvalue weighted by molar-refractivity contribution is 7.89. The maximum atomic E-state index is 12.2.